The van der Waals surface area contributed by atoms with Crippen LogP contribution in [0.25, 0.3) is 10.9 Å². The van der Waals surface area contributed by atoms with Gasteiger partial charge in [-0.2, -0.15) is 25.3 Å². The van der Waals surface area contributed by atoms with Gasteiger partial charge in [0.15, 0.2) is 0 Å². The highest BCUT2D eigenvalue weighted by atomic mass is 32.1. The number of benzene rings is 2. The van der Waals surface area contributed by atoms with Crippen LogP contribution >= 0.6 is 25.3 Å². The van der Waals surface area contributed by atoms with Crippen LogP contribution in [0.4, 0.5) is 0 Å². The Bertz CT molecular complexity index is 1960. The zero-order valence-corrected chi connectivity index (χ0v) is 36.4. The Hall–Kier alpha value is -5.11. The van der Waals surface area contributed by atoms with E-state index in [2.05, 4.69) is 67.5 Å². The number of H-pyrrole nitrogens is 1. The number of aromatic amines is 1. The van der Waals surface area contributed by atoms with Crippen molar-refractivity contribution >= 4 is 77.5 Å². The summed E-state index contributed by atoms with van der Waals surface area (Å²) in [4.78, 5) is 97.8. The second kappa shape index (κ2) is 24.4. The molecule has 3 aromatic rings. The lowest BCUT2D eigenvalue weighted by atomic mass is 10.00. The highest BCUT2D eigenvalue weighted by Gasteiger charge is 2.35. The molecule has 1 aliphatic rings. The number of carbonyl (C=O) groups is 7. The fraction of sp³-hybridized carbons (Fsp3) is 0.500. The molecular formula is C42H60N10O7S2. The first-order valence-corrected chi connectivity index (χ1v) is 21.9. The summed E-state index contributed by atoms with van der Waals surface area (Å²) in [5.41, 5.74) is 13.4. The fourth-order valence-corrected chi connectivity index (χ4v) is 7.53. The average molecular weight is 881 g/mol. The Balaban J connectivity index is 1.62. The Morgan fingerprint density at radius 1 is 0.705 bits per heavy atom. The number of thiol groups is 2. The maximum Gasteiger partial charge on any atom is 0.244 e. The van der Waals surface area contributed by atoms with Gasteiger partial charge in [0, 0.05) is 41.4 Å². The van der Waals surface area contributed by atoms with E-state index in [9.17, 15) is 33.6 Å². The topological polar surface area (TPSA) is 272 Å². The second-order valence-electron chi connectivity index (χ2n) is 15.5. The highest BCUT2D eigenvalue weighted by molar-refractivity contribution is 7.80. The van der Waals surface area contributed by atoms with Crippen molar-refractivity contribution in [3.63, 3.8) is 0 Å². The molecule has 0 unspecified atom stereocenters. The molecule has 19 heteroatoms. The summed E-state index contributed by atoms with van der Waals surface area (Å²) in [5.74, 6) is -5.00. The summed E-state index contributed by atoms with van der Waals surface area (Å²) >= 11 is 8.41. The standard InChI is InChI=1S/C42H60N10O7S2/c1-24(2)35(42(59)50-33(22-60)36(44)53)52-38(55)30(15-8-9-17-43)47-40(57)32(20-26-21-46-28-14-7-6-13-27(26)28)49-39(56)31(19-25-11-4-3-5-12-25)48-41(58)34(23-61)51-37(54)29-16-10-18-45-29/h3-7,11-14,21,24,29-35,45-46,60-61H,8-10,15-20,22-23,43H2,1-2H3,(H2,44,53)(H,47,57)(H,48,58)(H,49,56)(H,50,59)(H,51,54)(H,52,55)/t29-,30-,31-,32-,33-,34-,35-/m0/s1. The van der Waals surface area contributed by atoms with E-state index < -0.39 is 83.7 Å². The van der Waals surface area contributed by atoms with Crippen molar-refractivity contribution in [2.24, 2.45) is 17.4 Å². The van der Waals surface area contributed by atoms with Crippen molar-refractivity contribution in [3.05, 3.63) is 71.9 Å². The van der Waals surface area contributed by atoms with Gasteiger partial charge in [-0.05, 0) is 68.3 Å². The molecule has 0 saturated carbocycles. The van der Waals surface area contributed by atoms with E-state index in [4.69, 9.17) is 11.5 Å². The van der Waals surface area contributed by atoms with E-state index in [0.717, 1.165) is 22.9 Å². The van der Waals surface area contributed by atoms with Gasteiger partial charge in [-0.25, -0.2) is 0 Å². The first-order valence-electron chi connectivity index (χ1n) is 20.6. The molecule has 332 valence electrons. The van der Waals surface area contributed by atoms with E-state index in [1.807, 2.05) is 30.3 Å². The van der Waals surface area contributed by atoms with Crippen LogP contribution in [0.15, 0.2) is 60.8 Å². The smallest absolute Gasteiger partial charge is 0.244 e. The van der Waals surface area contributed by atoms with Gasteiger partial charge in [0.05, 0.1) is 6.04 Å². The zero-order valence-electron chi connectivity index (χ0n) is 34.6. The summed E-state index contributed by atoms with van der Waals surface area (Å²) in [7, 11) is 0. The molecule has 12 N–H and O–H groups in total. The van der Waals surface area contributed by atoms with Gasteiger partial charge in [-0.1, -0.05) is 62.4 Å². The maximum absolute atomic E-state index is 14.5. The van der Waals surface area contributed by atoms with Crippen molar-refractivity contribution in [3.8, 4) is 0 Å². The highest BCUT2D eigenvalue weighted by Crippen LogP contribution is 2.20. The molecule has 17 nitrogen and oxygen atoms in total. The summed E-state index contributed by atoms with van der Waals surface area (Å²) < 4.78 is 0. The molecule has 7 amide bonds. The number of primary amides is 1. The van der Waals surface area contributed by atoms with Crippen molar-refractivity contribution < 1.29 is 33.6 Å². The number of amides is 7. The number of hydrogen-bond acceptors (Lipinski definition) is 11. The zero-order chi connectivity index (χ0) is 44.5. The third kappa shape index (κ3) is 14.5. The predicted octanol–water partition coefficient (Wildman–Crippen LogP) is -0.256. The Morgan fingerprint density at radius 3 is 1.90 bits per heavy atom. The number of aromatic nitrogens is 1. The number of hydrogen-bond donors (Lipinski definition) is 12. The molecule has 2 aromatic carbocycles. The van der Waals surface area contributed by atoms with E-state index >= 15 is 0 Å². The monoisotopic (exact) mass is 880 g/mol. The van der Waals surface area contributed by atoms with Crippen LogP contribution in [0.3, 0.4) is 0 Å². The number of carbonyl (C=O) groups excluding carboxylic acids is 7. The predicted molar refractivity (Wildman–Crippen MR) is 239 cm³/mol. The van der Waals surface area contributed by atoms with E-state index in [-0.39, 0.29) is 36.7 Å². The molecule has 2 heterocycles. The molecule has 1 saturated heterocycles. The number of unbranched alkanes of at least 4 members (excludes halogenated alkanes) is 1. The van der Waals surface area contributed by atoms with E-state index in [1.54, 1.807) is 44.3 Å². The minimum Gasteiger partial charge on any atom is -0.368 e. The molecule has 61 heavy (non-hydrogen) atoms. The first-order chi connectivity index (χ1) is 29.3. The second-order valence-corrected chi connectivity index (χ2v) is 16.2. The molecule has 7 atom stereocenters. The first kappa shape index (κ1) is 48.6. The number of fused-ring (bicyclic) bond motifs is 1. The molecule has 1 aliphatic heterocycles. The minimum atomic E-state index is -1.27. The number of nitrogens with two attached hydrogens (primary N) is 2. The third-order valence-corrected chi connectivity index (χ3v) is 11.2. The molecule has 1 aromatic heterocycles. The number of rotatable bonds is 24. The van der Waals surface area contributed by atoms with Crippen LogP contribution in [0.5, 0.6) is 0 Å². The molecule has 0 radical (unpaired) electrons. The average Bonchev–Trinajstić information content (AvgIpc) is 3.94. The maximum atomic E-state index is 14.5. The van der Waals surface area contributed by atoms with E-state index in [1.165, 1.54) is 0 Å². The quantitative estimate of drug-likeness (QED) is 0.0417. The Labute approximate surface area is 367 Å². The van der Waals surface area contributed by atoms with Gasteiger partial charge in [-0.3, -0.25) is 33.6 Å². The lowest BCUT2D eigenvalue weighted by molar-refractivity contribution is -0.135. The van der Waals surface area contributed by atoms with Crippen LogP contribution in [0.2, 0.25) is 0 Å². The van der Waals surface area contributed by atoms with Gasteiger partial charge >= 0.3 is 0 Å². The van der Waals surface area contributed by atoms with Gasteiger partial charge in [-0.15, -0.1) is 0 Å². The van der Waals surface area contributed by atoms with Crippen LogP contribution in [-0.2, 0) is 46.4 Å². The van der Waals surface area contributed by atoms with Crippen LogP contribution in [-0.4, -0.2) is 113 Å². The van der Waals surface area contributed by atoms with Crippen LogP contribution < -0.4 is 48.7 Å². The normalized spacial score (nSPS) is 16.7. The van der Waals surface area contributed by atoms with Gasteiger partial charge in [0.2, 0.25) is 41.4 Å². The molecule has 4 rings (SSSR count). The summed E-state index contributed by atoms with van der Waals surface area (Å²) in [6, 6.07) is 9.15. The van der Waals surface area contributed by atoms with Gasteiger partial charge < -0.3 is 53.7 Å². The van der Waals surface area contributed by atoms with Gasteiger partial charge in [0.25, 0.3) is 0 Å². The summed E-state index contributed by atoms with van der Waals surface area (Å²) in [6.07, 6.45) is 4.36. The van der Waals surface area contributed by atoms with E-state index in [0.29, 0.717) is 37.9 Å². The lowest BCUT2D eigenvalue weighted by Crippen LogP contribution is -2.61. The lowest BCUT2D eigenvalue weighted by Gasteiger charge is -2.28. The van der Waals surface area contributed by atoms with Crippen LogP contribution in [0.1, 0.15) is 57.1 Å². The SMILES string of the molecule is CC(C)[C@H](NC(=O)[C@H](CCCCN)NC(=O)[C@H](Cc1c[nH]c2ccccc12)NC(=O)[C@H](Cc1ccccc1)NC(=O)[C@H](CS)NC(=O)[C@@H]1CCCN1)C(=O)N[C@@H](CS)C(N)=O. The largest absolute Gasteiger partial charge is 0.368 e. The van der Waals surface area contributed by atoms with Crippen molar-refractivity contribution in [1.82, 2.24) is 42.2 Å². The van der Waals surface area contributed by atoms with Gasteiger partial charge in [0.1, 0.15) is 36.3 Å². The summed E-state index contributed by atoms with van der Waals surface area (Å²) in [5, 5.41) is 20.4. The molecule has 0 spiro atoms. The van der Waals surface area contributed by atoms with Crippen LogP contribution in [0, 0.1) is 5.92 Å². The van der Waals surface area contributed by atoms with Crippen molar-refractivity contribution in [2.75, 3.05) is 24.6 Å². The van der Waals surface area contributed by atoms with Crippen molar-refractivity contribution in [1.29, 1.82) is 0 Å². The molecule has 1 fully saturated rings. The molecule has 0 bridgehead atoms. The van der Waals surface area contributed by atoms with Crippen molar-refractivity contribution in [2.45, 2.75) is 101 Å². The fourth-order valence-electron chi connectivity index (χ4n) is 7.00. The minimum absolute atomic E-state index is 0.0102. The number of para-hydroxylation sites is 1. The third-order valence-electron chi connectivity index (χ3n) is 10.5. The number of nitrogens with one attached hydrogen (secondary N) is 8. The molecular weight excluding hydrogens is 821 g/mol. The summed E-state index contributed by atoms with van der Waals surface area (Å²) in [6.45, 7) is 4.44. The Kier molecular flexibility index (Phi) is 19.4. The molecule has 0 aliphatic carbocycles. The Morgan fingerprint density at radius 2 is 1.30 bits per heavy atom.